The van der Waals surface area contributed by atoms with Crippen molar-refractivity contribution in [2.75, 3.05) is 13.2 Å². The fourth-order valence-electron chi connectivity index (χ4n) is 2.96. The molecule has 3 heteroatoms. The van der Waals surface area contributed by atoms with Gasteiger partial charge >= 0.3 is 0 Å². The van der Waals surface area contributed by atoms with Gasteiger partial charge in [-0.2, -0.15) is 0 Å². The molecule has 0 amide bonds. The SMILES string of the molecule is CC(C)O.c1ccc(CN(Cc2ccccc2)C2CCCOC2)cc1. The number of nitrogens with zero attached hydrogens (tertiary/aromatic N) is 1. The molecule has 25 heavy (non-hydrogen) atoms. The molecule has 3 rings (SSSR count). The summed E-state index contributed by atoms with van der Waals surface area (Å²) in [5.41, 5.74) is 2.75. The molecule has 2 aromatic rings. The molecule has 2 aromatic carbocycles. The van der Waals surface area contributed by atoms with Crippen molar-refractivity contribution in [3.8, 4) is 0 Å². The Bertz CT molecular complexity index is 521. The van der Waals surface area contributed by atoms with Gasteiger partial charge in [-0.05, 0) is 37.8 Å². The van der Waals surface area contributed by atoms with Gasteiger partial charge < -0.3 is 9.84 Å². The van der Waals surface area contributed by atoms with Crippen LogP contribution in [0.2, 0.25) is 0 Å². The predicted molar refractivity (Wildman–Crippen MR) is 103 cm³/mol. The van der Waals surface area contributed by atoms with Crippen molar-refractivity contribution in [2.24, 2.45) is 0 Å². The van der Waals surface area contributed by atoms with E-state index in [9.17, 15) is 0 Å². The maximum atomic E-state index is 8.06. The zero-order valence-corrected chi connectivity index (χ0v) is 15.5. The zero-order valence-electron chi connectivity index (χ0n) is 15.5. The van der Waals surface area contributed by atoms with Crippen LogP contribution < -0.4 is 0 Å². The van der Waals surface area contributed by atoms with Crippen molar-refractivity contribution in [1.82, 2.24) is 4.90 Å². The quantitative estimate of drug-likeness (QED) is 0.882. The highest BCUT2D eigenvalue weighted by molar-refractivity contribution is 5.17. The molecule has 0 radical (unpaired) electrons. The summed E-state index contributed by atoms with van der Waals surface area (Å²) in [6, 6.07) is 22.0. The van der Waals surface area contributed by atoms with Crippen molar-refractivity contribution in [3.05, 3.63) is 71.8 Å². The van der Waals surface area contributed by atoms with Gasteiger partial charge in [0.25, 0.3) is 0 Å². The monoisotopic (exact) mass is 341 g/mol. The third-order valence-corrected chi connectivity index (χ3v) is 4.11. The van der Waals surface area contributed by atoms with E-state index in [0.29, 0.717) is 6.04 Å². The molecular formula is C22H31NO2. The first kappa shape index (κ1) is 19.6. The molecule has 1 aliphatic rings. The Labute approximate surface area is 152 Å². The lowest BCUT2D eigenvalue weighted by Gasteiger charge is -2.34. The van der Waals surface area contributed by atoms with E-state index in [0.717, 1.165) is 26.3 Å². The summed E-state index contributed by atoms with van der Waals surface area (Å²) in [5, 5.41) is 8.06. The van der Waals surface area contributed by atoms with Gasteiger partial charge in [0.1, 0.15) is 0 Å². The number of benzene rings is 2. The van der Waals surface area contributed by atoms with Gasteiger partial charge in [-0.3, -0.25) is 4.90 Å². The third kappa shape index (κ3) is 7.82. The lowest BCUT2D eigenvalue weighted by atomic mass is 10.1. The van der Waals surface area contributed by atoms with E-state index in [4.69, 9.17) is 9.84 Å². The van der Waals surface area contributed by atoms with Crippen LogP contribution in [0, 0.1) is 0 Å². The van der Waals surface area contributed by atoms with E-state index < -0.39 is 0 Å². The Hall–Kier alpha value is -1.68. The van der Waals surface area contributed by atoms with Crippen molar-refractivity contribution >= 4 is 0 Å². The summed E-state index contributed by atoms with van der Waals surface area (Å²) in [7, 11) is 0. The largest absolute Gasteiger partial charge is 0.394 e. The average Bonchev–Trinajstić information content (AvgIpc) is 2.63. The highest BCUT2D eigenvalue weighted by Gasteiger charge is 2.21. The van der Waals surface area contributed by atoms with Crippen molar-refractivity contribution < 1.29 is 9.84 Å². The van der Waals surface area contributed by atoms with Crippen LogP contribution >= 0.6 is 0 Å². The van der Waals surface area contributed by atoms with E-state index >= 15 is 0 Å². The molecule has 0 spiro atoms. The summed E-state index contributed by atoms with van der Waals surface area (Å²) >= 11 is 0. The fraction of sp³-hybridized carbons (Fsp3) is 0.455. The summed E-state index contributed by atoms with van der Waals surface area (Å²) in [6.07, 6.45) is 2.24. The number of hydrogen-bond acceptors (Lipinski definition) is 3. The molecule has 1 atom stereocenters. The number of rotatable bonds is 5. The molecule has 1 unspecified atom stereocenters. The second-order valence-electron chi connectivity index (χ2n) is 6.84. The Morgan fingerprint density at radius 3 is 1.84 bits per heavy atom. The lowest BCUT2D eigenvalue weighted by molar-refractivity contribution is 0.0111. The van der Waals surface area contributed by atoms with Crippen LogP contribution in [0.5, 0.6) is 0 Å². The van der Waals surface area contributed by atoms with Crippen LogP contribution in [0.4, 0.5) is 0 Å². The van der Waals surface area contributed by atoms with E-state index in [1.165, 1.54) is 24.0 Å². The van der Waals surface area contributed by atoms with Crippen molar-refractivity contribution in [2.45, 2.75) is 51.9 Å². The molecule has 0 aliphatic carbocycles. The van der Waals surface area contributed by atoms with Crippen LogP contribution in [0.1, 0.15) is 37.8 Å². The van der Waals surface area contributed by atoms with Gasteiger partial charge in [-0.25, -0.2) is 0 Å². The van der Waals surface area contributed by atoms with E-state index in [1.54, 1.807) is 13.8 Å². The maximum absolute atomic E-state index is 8.06. The normalized spacial score (nSPS) is 17.2. The molecule has 0 aromatic heterocycles. The number of aliphatic hydroxyl groups is 1. The first-order valence-electron chi connectivity index (χ1n) is 9.23. The molecule has 0 saturated carbocycles. The molecule has 136 valence electrons. The summed E-state index contributed by atoms with van der Waals surface area (Å²) in [6.45, 7) is 7.20. The van der Waals surface area contributed by atoms with Crippen LogP contribution in [0.25, 0.3) is 0 Å². The van der Waals surface area contributed by atoms with Gasteiger partial charge in [0.15, 0.2) is 0 Å². The Morgan fingerprint density at radius 1 is 0.960 bits per heavy atom. The molecule has 3 nitrogen and oxygen atoms in total. The molecule has 1 saturated heterocycles. The van der Waals surface area contributed by atoms with Crippen LogP contribution in [0.3, 0.4) is 0 Å². The van der Waals surface area contributed by atoms with E-state index in [-0.39, 0.29) is 6.10 Å². The van der Waals surface area contributed by atoms with E-state index in [2.05, 4.69) is 65.6 Å². The van der Waals surface area contributed by atoms with Crippen LogP contribution in [0.15, 0.2) is 60.7 Å². The molecular weight excluding hydrogens is 310 g/mol. The van der Waals surface area contributed by atoms with Crippen LogP contribution in [-0.4, -0.2) is 35.4 Å². The first-order valence-corrected chi connectivity index (χ1v) is 9.23. The molecule has 1 aliphatic heterocycles. The topological polar surface area (TPSA) is 32.7 Å². The Morgan fingerprint density at radius 2 is 1.44 bits per heavy atom. The molecule has 1 heterocycles. The van der Waals surface area contributed by atoms with E-state index in [1.807, 2.05) is 0 Å². The highest BCUT2D eigenvalue weighted by Crippen LogP contribution is 2.19. The van der Waals surface area contributed by atoms with Gasteiger partial charge in [0, 0.05) is 31.8 Å². The van der Waals surface area contributed by atoms with Gasteiger partial charge in [-0.1, -0.05) is 60.7 Å². The Balaban J connectivity index is 0.000000511. The summed E-state index contributed by atoms with van der Waals surface area (Å²) in [4.78, 5) is 2.56. The maximum Gasteiger partial charge on any atom is 0.0622 e. The minimum atomic E-state index is -0.167. The van der Waals surface area contributed by atoms with Gasteiger partial charge in [0.2, 0.25) is 0 Å². The lowest BCUT2D eigenvalue weighted by Crippen LogP contribution is -2.40. The highest BCUT2D eigenvalue weighted by atomic mass is 16.5. The predicted octanol–water partition coefficient (Wildman–Crippen LogP) is 4.25. The fourth-order valence-corrected chi connectivity index (χ4v) is 2.96. The second-order valence-corrected chi connectivity index (χ2v) is 6.84. The standard InChI is InChI=1S/C19H23NO.C3H8O/c1-3-8-17(9-4-1)14-20(19-12-7-13-21-16-19)15-18-10-5-2-6-11-18;1-3(2)4/h1-6,8-11,19H,7,12-16H2;3-4H,1-2H3. The molecule has 1 fully saturated rings. The zero-order chi connectivity index (χ0) is 17.9. The smallest absolute Gasteiger partial charge is 0.0622 e. The third-order valence-electron chi connectivity index (χ3n) is 4.11. The minimum absolute atomic E-state index is 0.167. The molecule has 1 N–H and O–H groups in total. The molecule has 0 bridgehead atoms. The average molecular weight is 341 g/mol. The summed E-state index contributed by atoms with van der Waals surface area (Å²) < 4.78 is 5.70. The van der Waals surface area contributed by atoms with Crippen molar-refractivity contribution in [1.29, 1.82) is 0 Å². The van der Waals surface area contributed by atoms with Crippen LogP contribution in [-0.2, 0) is 17.8 Å². The number of aliphatic hydroxyl groups excluding tert-OH is 1. The minimum Gasteiger partial charge on any atom is -0.394 e. The summed E-state index contributed by atoms with van der Waals surface area (Å²) in [5.74, 6) is 0. The van der Waals surface area contributed by atoms with Crippen molar-refractivity contribution in [3.63, 3.8) is 0 Å². The van der Waals surface area contributed by atoms with Gasteiger partial charge in [-0.15, -0.1) is 0 Å². The Kier molecular flexibility index (Phi) is 8.67. The van der Waals surface area contributed by atoms with Gasteiger partial charge in [0.05, 0.1) is 6.61 Å². The first-order chi connectivity index (χ1) is 12.1. The number of ether oxygens (including phenoxy) is 1. The number of hydrogen-bond donors (Lipinski definition) is 1. The second kappa shape index (κ2) is 11.0.